The molecule has 2 aromatic carbocycles. The van der Waals surface area contributed by atoms with Crippen LogP contribution in [0.1, 0.15) is 21.8 Å². The molecule has 0 N–H and O–H groups in total. The van der Waals surface area contributed by atoms with Gasteiger partial charge in [0.25, 0.3) is 11.8 Å². The zero-order valence-electron chi connectivity index (χ0n) is 19.0. The van der Waals surface area contributed by atoms with Crippen LogP contribution in [0, 0.1) is 19.7 Å². The van der Waals surface area contributed by atoms with Gasteiger partial charge in [-0.1, -0.05) is 12.2 Å². The summed E-state index contributed by atoms with van der Waals surface area (Å²) in [5.41, 5.74) is 4.12. The van der Waals surface area contributed by atoms with E-state index < -0.39 is 0 Å². The van der Waals surface area contributed by atoms with E-state index in [1.54, 1.807) is 52.9 Å². The van der Waals surface area contributed by atoms with Gasteiger partial charge in [0.2, 0.25) is 5.89 Å². The second kappa shape index (κ2) is 9.66. The Bertz CT molecular complexity index is 1330. The molecule has 2 heterocycles. The van der Waals surface area contributed by atoms with E-state index in [0.717, 1.165) is 22.5 Å². The van der Waals surface area contributed by atoms with Gasteiger partial charge in [-0.05, 0) is 55.5 Å². The lowest BCUT2D eigenvalue weighted by atomic mass is 10.1. The van der Waals surface area contributed by atoms with Gasteiger partial charge in [-0.2, -0.15) is 5.10 Å². The molecule has 0 spiro atoms. The van der Waals surface area contributed by atoms with Gasteiger partial charge in [0.05, 0.1) is 11.4 Å². The van der Waals surface area contributed by atoms with Gasteiger partial charge in [-0.15, -0.1) is 23.4 Å². The summed E-state index contributed by atoms with van der Waals surface area (Å²) in [5.74, 6) is 0.280. The largest absolute Gasteiger partial charge is 0.420 e. The zero-order valence-corrected chi connectivity index (χ0v) is 19.0. The second-order valence-corrected chi connectivity index (χ2v) is 7.70. The van der Waals surface area contributed by atoms with Crippen molar-refractivity contribution in [1.29, 1.82) is 0 Å². The lowest BCUT2D eigenvalue weighted by Gasteiger charge is -2.19. The highest BCUT2D eigenvalue weighted by Crippen LogP contribution is 2.33. The zero-order chi connectivity index (χ0) is 24.2. The molecule has 34 heavy (non-hydrogen) atoms. The average molecular weight is 458 g/mol. The van der Waals surface area contributed by atoms with E-state index in [4.69, 9.17) is 9.52 Å². The molecular weight excluding hydrogens is 433 g/mol. The van der Waals surface area contributed by atoms with Crippen molar-refractivity contribution in [2.24, 2.45) is 0 Å². The summed E-state index contributed by atoms with van der Waals surface area (Å²) in [4.78, 5) is 14.5. The predicted octanol–water partition coefficient (Wildman–Crippen LogP) is 5.16. The Balaban J connectivity index is 1.79. The Hall–Kier alpha value is -4.33. The standard InChI is InChI=1S/C26H24FN5O2/c1-5-15-31(16-6-2)26(33)20-9-13-22(14-10-20)32-24(19-7-11-21(27)12-8-19)17(3)23(30-32)25-29-28-18(4)34-25/h5-14H,1-2,15-16H2,3-4H3. The number of aryl methyl sites for hydroxylation is 1. The maximum Gasteiger partial charge on any atom is 0.268 e. The number of carbonyl (C=O) groups is 1. The van der Waals surface area contributed by atoms with Crippen LogP contribution in [0.5, 0.6) is 0 Å². The highest BCUT2D eigenvalue weighted by Gasteiger charge is 2.22. The van der Waals surface area contributed by atoms with E-state index in [-0.39, 0.29) is 11.7 Å². The number of nitrogens with zero attached hydrogens (tertiary/aromatic N) is 5. The molecule has 0 aliphatic rings. The van der Waals surface area contributed by atoms with Gasteiger partial charge in [0.15, 0.2) is 5.69 Å². The fourth-order valence-corrected chi connectivity index (χ4v) is 3.70. The molecule has 172 valence electrons. The van der Waals surface area contributed by atoms with E-state index in [2.05, 4.69) is 23.4 Å². The first-order chi connectivity index (χ1) is 16.4. The Kier molecular flexibility index (Phi) is 6.49. The molecule has 0 radical (unpaired) electrons. The van der Waals surface area contributed by atoms with Crippen LogP contribution >= 0.6 is 0 Å². The maximum absolute atomic E-state index is 13.6. The fourth-order valence-electron chi connectivity index (χ4n) is 3.70. The monoisotopic (exact) mass is 457 g/mol. The van der Waals surface area contributed by atoms with Crippen LogP contribution in [-0.2, 0) is 0 Å². The molecule has 2 aromatic heterocycles. The molecule has 0 saturated carbocycles. The topological polar surface area (TPSA) is 77.1 Å². The first kappa shape index (κ1) is 22.8. The van der Waals surface area contributed by atoms with Crippen molar-refractivity contribution in [3.05, 3.63) is 96.7 Å². The molecule has 8 heteroatoms. The van der Waals surface area contributed by atoms with Crippen LogP contribution in [0.2, 0.25) is 0 Å². The SMILES string of the molecule is C=CCN(CC=C)C(=O)c1ccc(-n2nc(-c3nnc(C)o3)c(C)c2-c2ccc(F)cc2)cc1. The first-order valence-electron chi connectivity index (χ1n) is 10.7. The Morgan fingerprint density at radius 2 is 1.68 bits per heavy atom. The summed E-state index contributed by atoms with van der Waals surface area (Å²) >= 11 is 0. The first-order valence-corrected chi connectivity index (χ1v) is 10.7. The van der Waals surface area contributed by atoms with E-state index in [0.29, 0.717) is 36.1 Å². The minimum Gasteiger partial charge on any atom is -0.420 e. The van der Waals surface area contributed by atoms with E-state index in [1.807, 2.05) is 19.1 Å². The Morgan fingerprint density at radius 1 is 1.03 bits per heavy atom. The second-order valence-electron chi connectivity index (χ2n) is 7.70. The van der Waals surface area contributed by atoms with Crippen molar-refractivity contribution in [3.8, 4) is 28.5 Å². The Morgan fingerprint density at radius 3 is 2.24 bits per heavy atom. The third-order valence-corrected chi connectivity index (χ3v) is 5.31. The molecule has 4 rings (SSSR count). The molecule has 1 amide bonds. The molecule has 7 nitrogen and oxygen atoms in total. The van der Waals surface area contributed by atoms with E-state index in [9.17, 15) is 9.18 Å². The lowest BCUT2D eigenvalue weighted by molar-refractivity contribution is 0.0791. The van der Waals surface area contributed by atoms with Gasteiger partial charge >= 0.3 is 0 Å². The summed E-state index contributed by atoms with van der Waals surface area (Å²) < 4.78 is 20.9. The molecule has 0 unspecified atom stereocenters. The van der Waals surface area contributed by atoms with Crippen molar-refractivity contribution >= 4 is 5.91 Å². The van der Waals surface area contributed by atoms with Crippen LogP contribution in [0.15, 0.2) is 78.3 Å². The quantitative estimate of drug-likeness (QED) is 0.342. The van der Waals surface area contributed by atoms with Crippen LogP contribution in [0.3, 0.4) is 0 Å². The minimum atomic E-state index is -0.327. The number of rotatable bonds is 8. The highest BCUT2D eigenvalue weighted by molar-refractivity contribution is 5.94. The fraction of sp³-hybridized carbons (Fsp3) is 0.154. The normalized spacial score (nSPS) is 10.8. The lowest BCUT2D eigenvalue weighted by Crippen LogP contribution is -2.31. The summed E-state index contributed by atoms with van der Waals surface area (Å²) in [7, 11) is 0. The molecule has 0 saturated heterocycles. The third kappa shape index (κ3) is 4.43. The number of aromatic nitrogens is 4. The van der Waals surface area contributed by atoms with Gasteiger partial charge in [-0.3, -0.25) is 4.79 Å². The average Bonchev–Trinajstić information content (AvgIpc) is 3.42. The minimum absolute atomic E-state index is 0.122. The molecular formula is C26H24FN5O2. The molecule has 0 atom stereocenters. The van der Waals surface area contributed by atoms with Crippen molar-refractivity contribution in [1.82, 2.24) is 24.9 Å². The molecule has 0 aliphatic carbocycles. The summed E-state index contributed by atoms with van der Waals surface area (Å²) in [6, 6.07) is 13.3. The van der Waals surface area contributed by atoms with E-state index >= 15 is 0 Å². The summed E-state index contributed by atoms with van der Waals surface area (Å²) in [5, 5.41) is 12.7. The van der Waals surface area contributed by atoms with Crippen molar-refractivity contribution in [2.45, 2.75) is 13.8 Å². The third-order valence-electron chi connectivity index (χ3n) is 5.31. The van der Waals surface area contributed by atoms with Crippen LogP contribution in [0.4, 0.5) is 4.39 Å². The summed E-state index contributed by atoms with van der Waals surface area (Å²) in [6.45, 7) is 11.9. The smallest absolute Gasteiger partial charge is 0.268 e. The van der Waals surface area contributed by atoms with Gasteiger partial charge in [0, 0.05) is 36.7 Å². The number of benzene rings is 2. The van der Waals surface area contributed by atoms with Crippen molar-refractivity contribution < 1.29 is 13.6 Å². The Labute approximate surface area is 196 Å². The van der Waals surface area contributed by atoms with Crippen LogP contribution in [0.25, 0.3) is 28.5 Å². The molecule has 0 fully saturated rings. The molecule has 0 bridgehead atoms. The maximum atomic E-state index is 13.6. The number of amides is 1. The highest BCUT2D eigenvalue weighted by atomic mass is 19.1. The van der Waals surface area contributed by atoms with Gasteiger partial charge in [0.1, 0.15) is 5.82 Å². The number of carbonyl (C=O) groups excluding carboxylic acids is 1. The van der Waals surface area contributed by atoms with Crippen molar-refractivity contribution in [3.63, 3.8) is 0 Å². The predicted molar refractivity (Wildman–Crippen MR) is 128 cm³/mol. The van der Waals surface area contributed by atoms with Crippen LogP contribution < -0.4 is 0 Å². The van der Waals surface area contributed by atoms with Crippen LogP contribution in [-0.4, -0.2) is 43.9 Å². The van der Waals surface area contributed by atoms with Gasteiger partial charge in [-0.25, -0.2) is 9.07 Å². The number of hydrogen-bond acceptors (Lipinski definition) is 5. The number of hydrogen-bond donors (Lipinski definition) is 0. The number of halogens is 1. The van der Waals surface area contributed by atoms with Crippen molar-refractivity contribution in [2.75, 3.05) is 13.1 Å². The van der Waals surface area contributed by atoms with E-state index in [1.165, 1.54) is 12.1 Å². The molecule has 0 aliphatic heterocycles. The van der Waals surface area contributed by atoms with Gasteiger partial charge < -0.3 is 9.32 Å². The molecule has 4 aromatic rings. The summed E-state index contributed by atoms with van der Waals surface area (Å²) in [6.07, 6.45) is 3.36.